The number of halogens is 1. The average Bonchev–Trinajstić information content (AvgIpc) is 2.70. The molecule has 16 heavy (non-hydrogen) atoms. The number of nitrogens with zero attached hydrogens (tertiary/aromatic N) is 1. The Morgan fingerprint density at radius 1 is 1.38 bits per heavy atom. The van der Waals surface area contributed by atoms with Gasteiger partial charge in [0.25, 0.3) is 0 Å². The Labute approximate surface area is 98.1 Å². The topological polar surface area (TPSA) is 43.1 Å². The van der Waals surface area contributed by atoms with Crippen molar-refractivity contribution in [1.82, 2.24) is 4.98 Å². The van der Waals surface area contributed by atoms with E-state index in [2.05, 4.69) is 4.98 Å². The number of Topliss-reactive ketones (excluding diaryl/α,β-unsaturated/α-hetero) is 1. The highest BCUT2D eigenvalue weighted by molar-refractivity contribution is 6.30. The Morgan fingerprint density at radius 3 is 2.62 bits per heavy atom. The van der Waals surface area contributed by atoms with Crippen molar-refractivity contribution in [3.8, 4) is 0 Å². The molecule has 0 saturated heterocycles. The summed E-state index contributed by atoms with van der Waals surface area (Å²) in [5.74, 6) is 0.443. The van der Waals surface area contributed by atoms with E-state index in [4.69, 9.17) is 16.0 Å². The van der Waals surface area contributed by atoms with Crippen molar-refractivity contribution in [2.24, 2.45) is 0 Å². The summed E-state index contributed by atoms with van der Waals surface area (Å²) >= 11 is 5.78. The van der Waals surface area contributed by atoms with Gasteiger partial charge < -0.3 is 4.42 Å². The molecule has 0 N–H and O–H groups in total. The van der Waals surface area contributed by atoms with E-state index in [9.17, 15) is 4.79 Å². The van der Waals surface area contributed by atoms with Crippen LogP contribution in [0.2, 0.25) is 5.02 Å². The highest BCUT2D eigenvalue weighted by atomic mass is 35.5. The van der Waals surface area contributed by atoms with E-state index in [0.717, 1.165) is 5.56 Å². The molecule has 0 fully saturated rings. The molecule has 0 unspecified atom stereocenters. The maximum atomic E-state index is 11.0. The fourth-order valence-electron chi connectivity index (χ4n) is 1.33. The fraction of sp³-hybridized carbons (Fsp3) is 0.167. The molecule has 1 aromatic heterocycles. The van der Waals surface area contributed by atoms with Crippen molar-refractivity contribution >= 4 is 17.4 Å². The Morgan fingerprint density at radius 2 is 2.06 bits per heavy atom. The van der Waals surface area contributed by atoms with Crippen LogP contribution >= 0.6 is 11.6 Å². The van der Waals surface area contributed by atoms with Crippen LogP contribution < -0.4 is 0 Å². The van der Waals surface area contributed by atoms with E-state index < -0.39 is 0 Å². The van der Waals surface area contributed by atoms with E-state index in [1.807, 2.05) is 24.3 Å². The number of rotatable bonds is 3. The zero-order valence-electron chi connectivity index (χ0n) is 8.74. The Bertz CT molecular complexity index is 502. The molecule has 0 saturated carbocycles. The van der Waals surface area contributed by atoms with Gasteiger partial charge in [-0.3, -0.25) is 4.79 Å². The predicted octanol–water partition coefficient (Wildman–Crippen LogP) is 3.12. The standard InChI is InChI=1S/C12H10ClNO2/c1-8(15)11-7-16-12(14-11)6-9-2-4-10(13)5-3-9/h2-5,7H,6H2,1H3. The van der Waals surface area contributed by atoms with E-state index in [1.54, 1.807) is 0 Å². The third-order valence-corrected chi connectivity index (χ3v) is 2.43. The molecular formula is C12H10ClNO2. The van der Waals surface area contributed by atoms with Crippen LogP contribution in [-0.2, 0) is 6.42 Å². The zero-order chi connectivity index (χ0) is 11.5. The number of carbonyl (C=O) groups is 1. The number of ketones is 1. The number of hydrogen-bond donors (Lipinski definition) is 0. The summed E-state index contributed by atoms with van der Waals surface area (Å²) in [7, 11) is 0. The van der Waals surface area contributed by atoms with Gasteiger partial charge in [-0.2, -0.15) is 0 Å². The molecule has 2 aromatic rings. The molecule has 0 radical (unpaired) electrons. The highest BCUT2D eigenvalue weighted by Crippen LogP contribution is 2.13. The minimum Gasteiger partial charge on any atom is -0.448 e. The third-order valence-electron chi connectivity index (χ3n) is 2.18. The molecule has 2 rings (SSSR count). The molecule has 0 bridgehead atoms. The summed E-state index contributed by atoms with van der Waals surface area (Å²) in [6, 6.07) is 7.43. The van der Waals surface area contributed by atoms with Crippen molar-refractivity contribution in [3.63, 3.8) is 0 Å². The summed E-state index contributed by atoms with van der Waals surface area (Å²) in [4.78, 5) is 15.1. The van der Waals surface area contributed by atoms with Gasteiger partial charge in [0, 0.05) is 18.4 Å². The van der Waals surface area contributed by atoms with Crippen molar-refractivity contribution in [2.75, 3.05) is 0 Å². The number of aromatic nitrogens is 1. The lowest BCUT2D eigenvalue weighted by molar-refractivity contribution is 0.101. The second kappa shape index (κ2) is 4.49. The zero-order valence-corrected chi connectivity index (χ0v) is 9.49. The van der Waals surface area contributed by atoms with Gasteiger partial charge in [0.15, 0.2) is 11.7 Å². The van der Waals surface area contributed by atoms with Crippen LogP contribution in [0.25, 0.3) is 0 Å². The van der Waals surface area contributed by atoms with Crippen molar-refractivity contribution < 1.29 is 9.21 Å². The minimum absolute atomic E-state index is 0.0916. The molecule has 0 amide bonds. The number of benzene rings is 1. The first-order valence-corrected chi connectivity index (χ1v) is 5.23. The molecule has 82 valence electrons. The Hall–Kier alpha value is -1.61. The Balaban J connectivity index is 2.14. The first kappa shape index (κ1) is 10.9. The molecule has 0 aliphatic heterocycles. The predicted molar refractivity (Wildman–Crippen MR) is 60.8 cm³/mol. The number of carbonyl (C=O) groups excluding carboxylic acids is 1. The van der Waals surface area contributed by atoms with Gasteiger partial charge in [0.2, 0.25) is 0 Å². The molecule has 0 spiro atoms. The molecule has 0 aliphatic carbocycles. The third kappa shape index (κ3) is 2.49. The average molecular weight is 236 g/mol. The van der Waals surface area contributed by atoms with Gasteiger partial charge in [-0.15, -0.1) is 0 Å². The van der Waals surface area contributed by atoms with Crippen molar-refractivity contribution in [2.45, 2.75) is 13.3 Å². The van der Waals surface area contributed by atoms with E-state index >= 15 is 0 Å². The van der Waals surface area contributed by atoms with Gasteiger partial charge in [0.1, 0.15) is 12.0 Å². The maximum Gasteiger partial charge on any atom is 0.199 e. The lowest BCUT2D eigenvalue weighted by atomic mass is 10.1. The molecule has 3 nitrogen and oxygen atoms in total. The molecule has 0 atom stereocenters. The summed E-state index contributed by atoms with van der Waals surface area (Å²) in [6.07, 6.45) is 1.94. The molecule has 4 heteroatoms. The Kier molecular flexibility index (Phi) is 3.06. The van der Waals surface area contributed by atoms with E-state index in [1.165, 1.54) is 13.2 Å². The van der Waals surface area contributed by atoms with Crippen molar-refractivity contribution in [1.29, 1.82) is 0 Å². The van der Waals surface area contributed by atoms with Gasteiger partial charge in [-0.25, -0.2) is 4.98 Å². The largest absolute Gasteiger partial charge is 0.448 e. The summed E-state index contributed by atoms with van der Waals surface area (Å²) in [5, 5.41) is 0.695. The number of hydrogen-bond acceptors (Lipinski definition) is 3. The quantitative estimate of drug-likeness (QED) is 0.768. The van der Waals surface area contributed by atoms with Crippen LogP contribution in [0.3, 0.4) is 0 Å². The van der Waals surface area contributed by atoms with Gasteiger partial charge in [0.05, 0.1) is 0 Å². The van der Waals surface area contributed by atoms with E-state index in [-0.39, 0.29) is 5.78 Å². The van der Waals surface area contributed by atoms with Crippen LogP contribution in [0.15, 0.2) is 34.9 Å². The fourth-order valence-corrected chi connectivity index (χ4v) is 1.46. The summed E-state index contributed by atoms with van der Waals surface area (Å²) in [5.41, 5.74) is 1.41. The molecule has 1 aromatic carbocycles. The molecule has 1 heterocycles. The molecule has 0 aliphatic rings. The second-order valence-electron chi connectivity index (χ2n) is 3.49. The SMILES string of the molecule is CC(=O)c1coc(Cc2ccc(Cl)cc2)n1. The van der Waals surface area contributed by atoms with Gasteiger partial charge in [-0.1, -0.05) is 23.7 Å². The van der Waals surface area contributed by atoms with Crippen LogP contribution in [-0.4, -0.2) is 10.8 Å². The van der Waals surface area contributed by atoms with Gasteiger partial charge in [-0.05, 0) is 17.7 Å². The first-order chi connectivity index (χ1) is 7.65. The summed E-state index contributed by atoms with van der Waals surface area (Å²) < 4.78 is 5.20. The highest BCUT2D eigenvalue weighted by Gasteiger charge is 2.08. The number of oxazole rings is 1. The normalized spacial score (nSPS) is 10.4. The van der Waals surface area contributed by atoms with Crippen molar-refractivity contribution in [3.05, 3.63) is 52.7 Å². The smallest absolute Gasteiger partial charge is 0.199 e. The maximum absolute atomic E-state index is 11.0. The monoisotopic (exact) mass is 235 g/mol. The minimum atomic E-state index is -0.0916. The second-order valence-corrected chi connectivity index (χ2v) is 3.92. The van der Waals surface area contributed by atoms with Gasteiger partial charge >= 0.3 is 0 Å². The van der Waals surface area contributed by atoms with Crippen LogP contribution in [0, 0.1) is 0 Å². The van der Waals surface area contributed by atoms with Crippen LogP contribution in [0.5, 0.6) is 0 Å². The lowest BCUT2D eigenvalue weighted by Gasteiger charge is -1.96. The lowest BCUT2D eigenvalue weighted by Crippen LogP contribution is -1.93. The molecular weight excluding hydrogens is 226 g/mol. The summed E-state index contributed by atoms with van der Waals surface area (Å²) in [6.45, 7) is 1.46. The van der Waals surface area contributed by atoms with Crippen LogP contribution in [0.1, 0.15) is 28.9 Å². The van der Waals surface area contributed by atoms with E-state index in [0.29, 0.717) is 23.0 Å². The van der Waals surface area contributed by atoms with Crippen LogP contribution in [0.4, 0.5) is 0 Å². The first-order valence-electron chi connectivity index (χ1n) is 4.85.